The van der Waals surface area contributed by atoms with Gasteiger partial charge in [0.05, 0.1) is 0 Å². The summed E-state index contributed by atoms with van der Waals surface area (Å²) in [5.41, 5.74) is 7.05. The number of hydrogen-bond donors (Lipinski definition) is 0. The van der Waals surface area contributed by atoms with E-state index in [0.717, 1.165) is 55.4 Å². The lowest BCUT2D eigenvalue weighted by molar-refractivity contribution is 0.672. The van der Waals surface area contributed by atoms with Gasteiger partial charge in [0.2, 0.25) is 0 Å². The van der Waals surface area contributed by atoms with Gasteiger partial charge in [0.15, 0.2) is 0 Å². The molecule has 0 aliphatic rings. The second kappa shape index (κ2) is 14.1. The van der Waals surface area contributed by atoms with Crippen LogP contribution in [-0.2, 0) is 0 Å². The number of fused-ring (bicyclic) bond motifs is 9. The Morgan fingerprint density at radius 1 is 0.537 bits per heavy atom. The van der Waals surface area contributed by atoms with E-state index < -0.39 is 0 Å². The van der Waals surface area contributed by atoms with Crippen LogP contribution in [0.25, 0.3) is 76.7 Å². The van der Waals surface area contributed by atoms with Gasteiger partial charge >= 0.3 is 0 Å². The molecule has 256 valence electrons. The molecule has 8 aromatic carbocycles. The minimum atomic E-state index is 0.872. The van der Waals surface area contributed by atoms with Gasteiger partial charge in [-0.25, -0.2) is 0 Å². The predicted octanol–water partition coefficient (Wildman–Crippen LogP) is 14.6. The lowest BCUT2D eigenvalue weighted by Gasteiger charge is -2.23. The van der Waals surface area contributed by atoms with Crippen LogP contribution in [0.2, 0.25) is 0 Å². The largest absolute Gasteiger partial charge is 0.455 e. The average molecular weight is 692 g/mol. The fourth-order valence-electron chi connectivity index (χ4n) is 7.59. The van der Waals surface area contributed by atoms with Gasteiger partial charge in [-0.15, -0.1) is 0 Å². The summed E-state index contributed by atoms with van der Waals surface area (Å²) in [4.78, 5) is 2.23. The molecule has 0 spiro atoms. The average Bonchev–Trinajstić information content (AvgIpc) is 3.61. The molecule has 1 heterocycles. The molecule has 0 saturated heterocycles. The number of nitrogens with zero attached hydrogens (tertiary/aromatic N) is 1. The van der Waals surface area contributed by atoms with Crippen molar-refractivity contribution in [1.82, 2.24) is 0 Å². The van der Waals surface area contributed by atoms with Gasteiger partial charge in [-0.05, 0) is 103 Å². The summed E-state index contributed by atoms with van der Waals surface area (Å²) in [5, 5.41) is 11.8. The van der Waals surface area contributed by atoms with Crippen molar-refractivity contribution in [2.24, 2.45) is 0 Å². The van der Waals surface area contributed by atoms with Gasteiger partial charge in [-0.3, -0.25) is 0 Å². The van der Waals surface area contributed by atoms with Crippen LogP contribution >= 0.6 is 0 Å². The van der Waals surface area contributed by atoms with Gasteiger partial charge in [0, 0.05) is 33.7 Å². The summed E-state index contributed by atoms with van der Waals surface area (Å²) in [7, 11) is 0. The van der Waals surface area contributed by atoms with Crippen molar-refractivity contribution in [2.45, 2.75) is 0 Å². The van der Waals surface area contributed by atoms with E-state index >= 15 is 0 Å². The maximum Gasteiger partial charge on any atom is 0.143 e. The number of furan rings is 1. The van der Waals surface area contributed by atoms with Crippen molar-refractivity contribution in [3.05, 3.63) is 224 Å². The summed E-state index contributed by atoms with van der Waals surface area (Å²) in [6.07, 6.45) is 16.4. The van der Waals surface area contributed by atoms with E-state index in [1.165, 1.54) is 37.7 Å². The summed E-state index contributed by atoms with van der Waals surface area (Å²) in [6.45, 7) is 8.23. The summed E-state index contributed by atoms with van der Waals surface area (Å²) < 4.78 is 6.43. The topological polar surface area (TPSA) is 16.4 Å². The number of rotatable bonds is 9. The van der Waals surface area contributed by atoms with E-state index in [1.54, 1.807) is 0 Å². The fraction of sp³-hybridized carbons (Fsp3) is 0. The Morgan fingerprint density at radius 2 is 1.24 bits per heavy atom. The van der Waals surface area contributed by atoms with Crippen molar-refractivity contribution < 1.29 is 4.42 Å². The molecule has 9 aromatic rings. The van der Waals surface area contributed by atoms with Crippen LogP contribution in [0.5, 0.6) is 0 Å². The molecule has 0 N–H and O–H groups in total. The first-order valence-electron chi connectivity index (χ1n) is 18.2. The second-order valence-corrected chi connectivity index (χ2v) is 13.4. The van der Waals surface area contributed by atoms with Crippen molar-refractivity contribution in [3.8, 4) is 0 Å². The van der Waals surface area contributed by atoms with Crippen LogP contribution < -0.4 is 4.90 Å². The van der Waals surface area contributed by atoms with E-state index in [4.69, 9.17) is 4.42 Å². The molecule has 0 saturated carbocycles. The number of hydrogen-bond acceptors (Lipinski definition) is 2. The standard InChI is InChI=1S/C52H37NO/c1-3-5-19-42(33-36-24-31-51-50(34-36)49-30-27-40-16-9-11-21-46(40)52(49)54-51)53(43-28-25-38-14-6-7-17-41(38)35-43)32-13-18-37(4-2)44-22-12-23-47-45-20-10-8-15-39(45)26-29-48(44)47/h3-35H,1-2H2/b19-5-,32-13+,37-18+,42-33-. The first-order valence-corrected chi connectivity index (χ1v) is 18.2. The first-order chi connectivity index (χ1) is 26.7. The maximum absolute atomic E-state index is 6.43. The Morgan fingerprint density at radius 3 is 2.06 bits per heavy atom. The van der Waals surface area contributed by atoms with Crippen LogP contribution in [-0.4, -0.2) is 0 Å². The van der Waals surface area contributed by atoms with E-state index in [-0.39, 0.29) is 0 Å². The van der Waals surface area contributed by atoms with Crippen molar-refractivity contribution >= 4 is 82.4 Å². The SMILES string of the molecule is C=C/C=C\C(=C\c1ccc2oc3c4ccccc4ccc3c2c1)N(/C=C/C=C(\C=C)c1cccc2c1ccc1ccccc12)c1ccc2ccccc2c1. The van der Waals surface area contributed by atoms with Gasteiger partial charge in [-0.2, -0.15) is 0 Å². The van der Waals surface area contributed by atoms with Crippen molar-refractivity contribution in [3.63, 3.8) is 0 Å². The third-order valence-electron chi connectivity index (χ3n) is 10.2. The van der Waals surface area contributed by atoms with Gasteiger partial charge in [0.25, 0.3) is 0 Å². The van der Waals surface area contributed by atoms with Crippen LogP contribution in [0.15, 0.2) is 218 Å². The van der Waals surface area contributed by atoms with Gasteiger partial charge in [0.1, 0.15) is 11.2 Å². The molecule has 1 aromatic heterocycles. The Hall–Kier alpha value is -7.16. The highest BCUT2D eigenvalue weighted by molar-refractivity contribution is 6.15. The maximum atomic E-state index is 6.43. The molecule has 0 amide bonds. The Balaban J connectivity index is 1.17. The zero-order chi connectivity index (χ0) is 36.4. The second-order valence-electron chi connectivity index (χ2n) is 13.4. The van der Waals surface area contributed by atoms with Gasteiger partial charge < -0.3 is 9.32 Å². The molecule has 0 aliphatic carbocycles. The lowest BCUT2D eigenvalue weighted by Crippen LogP contribution is -2.14. The highest BCUT2D eigenvalue weighted by Crippen LogP contribution is 2.36. The number of benzene rings is 8. The summed E-state index contributed by atoms with van der Waals surface area (Å²) >= 11 is 0. The zero-order valence-corrected chi connectivity index (χ0v) is 29.8. The van der Waals surface area contributed by atoms with Gasteiger partial charge in [-0.1, -0.05) is 159 Å². The van der Waals surface area contributed by atoms with E-state index in [1.807, 2.05) is 18.2 Å². The molecule has 0 aliphatic heterocycles. The summed E-state index contributed by atoms with van der Waals surface area (Å²) in [6, 6.07) is 53.7. The minimum absolute atomic E-state index is 0.872. The predicted molar refractivity (Wildman–Crippen MR) is 234 cm³/mol. The lowest BCUT2D eigenvalue weighted by atomic mass is 9.94. The van der Waals surface area contributed by atoms with Crippen LogP contribution in [0.1, 0.15) is 11.1 Å². The van der Waals surface area contributed by atoms with Crippen molar-refractivity contribution in [2.75, 3.05) is 4.90 Å². The highest BCUT2D eigenvalue weighted by atomic mass is 16.3. The van der Waals surface area contributed by atoms with Crippen LogP contribution in [0, 0.1) is 0 Å². The van der Waals surface area contributed by atoms with Crippen LogP contribution in [0.3, 0.4) is 0 Å². The molecule has 0 fully saturated rings. The summed E-state index contributed by atoms with van der Waals surface area (Å²) in [5.74, 6) is 0. The third kappa shape index (κ3) is 6.00. The highest BCUT2D eigenvalue weighted by Gasteiger charge is 2.13. The molecule has 0 bridgehead atoms. The minimum Gasteiger partial charge on any atom is -0.455 e. The first kappa shape index (κ1) is 32.7. The fourth-order valence-corrected chi connectivity index (χ4v) is 7.59. The number of anilines is 1. The van der Waals surface area contributed by atoms with E-state index in [9.17, 15) is 0 Å². The molecule has 0 radical (unpaired) electrons. The molecule has 0 unspecified atom stereocenters. The molecular weight excluding hydrogens is 655 g/mol. The molecule has 54 heavy (non-hydrogen) atoms. The Kier molecular flexibility index (Phi) is 8.55. The molecule has 2 nitrogen and oxygen atoms in total. The van der Waals surface area contributed by atoms with Crippen LogP contribution in [0.4, 0.5) is 5.69 Å². The molecule has 0 atom stereocenters. The Labute approximate surface area is 314 Å². The molecular formula is C52H37NO. The Bertz CT molecular complexity index is 3040. The van der Waals surface area contributed by atoms with E-state index in [2.05, 4.69) is 200 Å². The van der Waals surface area contributed by atoms with E-state index in [0.29, 0.717) is 0 Å². The zero-order valence-electron chi connectivity index (χ0n) is 29.8. The normalized spacial score (nSPS) is 12.7. The molecule has 2 heteroatoms. The monoisotopic (exact) mass is 691 g/mol. The molecule has 9 rings (SSSR count). The smallest absolute Gasteiger partial charge is 0.143 e. The van der Waals surface area contributed by atoms with Crippen molar-refractivity contribution in [1.29, 1.82) is 0 Å². The third-order valence-corrected chi connectivity index (χ3v) is 10.2. The quantitative estimate of drug-likeness (QED) is 0.111. The number of allylic oxidation sites excluding steroid dienone is 7.